The SMILES string of the molecule is CCCCCCCCCCCCCCCCCCCNCCCCC. The third-order valence-corrected chi connectivity index (χ3v) is 5.41. The van der Waals surface area contributed by atoms with Crippen molar-refractivity contribution < 1.29 is 0 Å². The van der Waals surface area contributed by atoms with Crippen molar-refractivity contribution in [1.82, 2.24) is 5.32 Å². The molecule has 0 spiro atoms. The van der Waals surface area contributed by atoms with Crippen LogP contribution in [0.4, 0.5) is 0 Å². The van der Waals surface area contributed by atoms with Crippen molar-refractivity contribution in [1.29, 1.82) is 0 Å². The van der Waals surface area contributed by atoms with Crippen LogP contribution in [0.1, 0.15) is 142 Å². The molecule has 0 heterocycles. The van der Waals surface area contributed by atoms with Crippen molar-refractivity contribution in [3.05, 3.63) is 0 Å². The monoisotopic (exact) mass is 353 g/mol. The Bertz CT molecular complexity index is 192. The molecule has 1 heteroatoms. The van der Waals surface area contributed by atoms with E-state index in [-0.39, 0.29) is 0 Å². The highest BCUT2D eigenvalue weighted by Crippen LogP contribution is 2.13. The summed E-state index contributed by atoms with van der Waals surface area (Å²) < 4.78 is 0. The Morgan fingerprint density at radius 3 is 0.920 bits per heavy atom. The first-order chi connectivity index (χ1) is 12.4. The predicted molar refractivity (Wildman–Crippen MR) is 117 cm³/mol. The van der Waals surface area contributed by atoms with Crippen molar-refractivity contribution >= 4 is 0 Å². The first-order valence-corrected chi connectivity index (χ1v) is 12.1. The Morgan fingerprint density at radius 1 is 0.320 bits per heavy atom. The Balaban J connectivity index is 2.94. The lowest BCUT2D eigenvalue weighted by molar-refractivity contribution is 0.521. The van der Waals surface area contributed by atoms with Crippen LogP contribution in [-0.4, -0.2) is 13.1 Å². The molecular formula is C24H51N. The molecule has 0 aromatic rings. The number of hydrogen-bond donors (Lipinski definition) is 1. The average molecular weight is 354 g/mol. The lowest BCUT2D eigenvalue weighted by Gasteiger charge is -2.05. The average Bonchev–Trinajstić information content (AvgIpc) is 2.63. The molecule has 0 radical (unpaired) electrons. The van der Waals surface area contributed by atoms with E-state index in [1.807, 2.05) is 0 Å². The van der Waals surface area contributed by atoms with E-state index in [1.165, 1.54) is 142 Å². The zero-order valence-electron chi connectivity index (χ0n) is 18.1. The van der Waals surface area contributed by atoms with Gasteiger partial charge in [0.2, 0.25) is 0 Å². The van der Waals surface area contributed by atoms with Crippen molar-refractivity contribution in [3.63, 3.8) is 0 Å². The molecule has 0 atom stereocenters. The fraction of sp³-hybridized carbons (Fsp3) is 1.00. The maximum absolute atomic E-state index is 3.57. The molecule has 0 unspecified atom stereocenters. The van der Waals surface area contributed by atoms with Crippen LogP contribution in [0, 0.1) is 0 Å². The minimum Gasteiger partial charge on any atom is -0.317 e. The summed E-state index contributed by atoms with van der Waals surface area (Å²) in [4.78, 5) is 0. The van der Waals surface area contributed by atoms with E-state index in [9.17, 15) is 0 Å². The largest absolute Gasteiger partial charge is 0.317 e. The second-order valence-electron chi connectivity index (χ2n) is 8.11. The predicted octanol–water partition coefficient (Wildman–Crippen LogP) is 8.42. The van der Waals surface area contributed by atoms with Crippen LogP contribution in [0.25, 0.3) is 0 Å². The van der Waals surface area contributed by atoms with E-state index in [2.05, 4.69) is 19.2 Å². The van der Waals surface area contributed by atoms with Crippen LogP contribution in [0.15, 0.2) is 0 Å². The minimum absolute atomic E-state index is 1.23. The van der Waals surface area contributed by atoms with Gasteiger partial charge in [-0.3, -0.25) is 0 Å². The summed E-state index contributed by atoms with van der Waals surface area (Å²) in [6, 6.07) is 0. The van der Waals surface area contributed by atoms with Crippen LogP contribution in [0.3, 0.4) is 0 Å². The number of nitrogens with one attached hydrogen (secondary N) is 1. The van der Waals surface area contributed by atoms with Gasteiger partial charge < -0.3 is 5.32 Å². The van der Waals surface area contributed by atoms with Gasteiger partial charge in [-0.2, -0.15) is 0 Å². The summed E-state index contributed by atoms with van der Waals surface area (Å²) in [5, 5.41) is 3.57. The topological polar surface area (TPSA) is 12.0 Å². The maximum Gasteiger partial charge on any atom is -0.00489 e. The molecular weight excluding hydrogens is 302 g/mol. The van der Waals surface area contributed by atoms with Gasteiger partial charge in [0, 0.05) is 0 Å². The molecule has 0 bridgehead atoms. The first-order valence-electron chi connectivity index (χ1n) is 12.1. The zero-order valence-corrected chi connectivity index (χ0v) is 18.1. The molecule has 0 aliphatic rings. The van der Waals surface area contributed by atoms with Gasteiger partial charge in [0.15, 0.2) is 0 Å². The van der Waals surface area contributed by atoms with E-state index in [0.717, 1.165) is 0 Å². The highest BCUT2D eigenvalue weighted by Gasteiger charge is 1.95. The zero-order chi connectivity index (χ0) is 18.3. The van der Waals surface area contributed by atoms with Gasteiger partial charge in [0.05, 0.1) is 0 Å². The Labute approximate surface area is 161 Å². The fourth-order valence-corrected chi connectivity index (χ4v) is 3.60. The summed E-state index contributed by atoms with van der Waals surface area (Å²) in [6.45, 7) is 7.04. The van der Waals surface area contributed by atoms with Gasteiger partial charge >= 0.3 is 0 Å². The number of unbranched alkanes of at least 4 members (excludes halogenated alkanes) is 18. The van der Waals surface area contributed by atoms with Gasteiger partial charge in [0.25, 0.3) is 0 Å². The van der Waals surface area contributed by atoms with Gasteiger partial charge in [-0.25, -0.2) is 0 Å². The highest BCUT2D eigenvalue weighted by atomic mass is 14.8. The van der Waals surface area contributed by atoms with E-state index in [0.29, 0.717) is 0 Å². The summed E-state index contributed by atoms with van der Waals surface area (Å²) in [5.41, 5.74) is 0. The first kappa shape index (κ1) is 25.0. The van der Waals surface area contributed by atoms with Gasteiger partial charge in [-0.1, -0.05) is 129 Å². The molecule has 152 valence electrons. The third-order valence-electron chi connectivity index (χ3n) is 5.41. The molecule has 0 aromatic heterocycles. The van der Waals surface area contributed by atoms with Gasteiger partial charge in [-0.15, -0.1) is 0 Å². The fourth-order valence-electron chi connectivity index (χ4n) is 3.60. The number of hydrogen-bond acceptors (Lipinski definition) is 1. The lowest BCUT2D eigenvalue weighted by atomic mass is 10.0. The van der Waals surface area contributed by atoms with E-state index < -0.39 is 0 Å². The third kappa shape index (κ3) is 24.0. The second kappa shape index (κ2) is 24.0. The van der Waals surface area contributed by atoms with Crippen LogP contribution in [0.5, 0.6) is 0 Å². The molecule has 0 saturated heterocycles. The quantitative estimate of drug-likeness (QED) is 0.193. The molecule has 25 heavy (non-hydrogen) atoms. The lowest BCUT2D eigenvalue weighted by Crippen LogP contribution is -2.16. The van der Waals surface area contributed by atoms with E-state index in [4.69, 9.17) is 0 Å². The molecule has 0 saturated carbocycles. The summed E-state index contributed by atoms with van der Waals surface area (Å²) in [7, 11) is 0. The highest BCUT2D eigenvalue weighted by molar-refractivity contribution is 4.52. The molecule has 0 fully saturated rings. The maximum atomic E-state index is 3.57. The summed E-state index contributed by atoms with van der Waals surface area (Å²) in [6.07, 6.45) is 28.9. The Hall–Kier alpha value is -0.0400. The number of rotatable bonds is 22. The molecule has 0 amide bonds. The molecule has 1 N–H and O–H groups in total. The normalized spacial score (nSPS) is 11.3. The van der Waals surface area contributed by atoms with Gasteiger partial charge in [-0.05, 0) is 25.9 Å². The summed E-state index contributed by atoms with van der Waals surface area (Å²) in [5.74, 6) is 0. The van der Waals surface area contributed by atoms with Crippen LogP contribution in [0.2, 0.25) is 0 Å². The van der Waals surface area contributed by atoms with Crippen molar-refractivity contribution in [2.45, 2.75) is 142 Å². The standard InChI is InChI=1S/C24H51N/c1-3-5-7-8-9-10-11-12-13-14-15-16-17-18-19-20-22-24-25-23-21-6-4-2/h25H,3-24H2,1-2H3. The van der Waals surface area contributed by atoms with E-state index in [1.54, 1.807) is 0 Å². The van der Waals surface area contributed by atoms with Crippen LogP contribution in [-0.2, 0) is 0 Å². The smallest absolute Gasteiger partial charge is 0.00489 e. The summed E-state index contributed by atoms with van der Waals surface area (Å²) >= 11 is 0. The molecule has 0 rings (SSSR count). The van der Waals surface area contributed by atoms with Crippen molar-refractivity contribution in [3.8, 4) is 0 Å². The Kier molecular flexibility index (Phi) is 23.9. The van der Waals surface area contributed by atoms with Crippen molar-refractivity contribution in [2.24, 2.45) is 0 Å². The molecule has 0 aromatic carbocycles. The molecule has 0 aliphatic heterocycles. The van der Waals surface area contributed by atoms with Crippen LogP contribution < -0.4 is 5.32 Å². The second-order valence-corrected chi connectivity index (χ2v) is 8.11. The van der Waals surface area contributed by atoms with Crippen LogP contribution >= 0.6 is 0 Å². The van der Waals surface area contributed by atoms with E-state index >= 15 is 0 Å². The molecule has 1 nitrogen and oxygen atoms in total. The molecule has 0 aliphatic carbocycles. The Morgan fingerprint density at radius 2 is 0.560 bits per heavy atom. The minimum atomic E-state index is 1.23. The van der Waals surface area contributed by atoms with Crippen molar-refractivity contribution in [2.75, 3.05) is 13.1 Å². The van der Waals surface area contributed by atoms with Gasteiger partial charge in [0.1, 0.15) is 0 Å².